The minimum Gasteiger partial charge on any atom is -0.396 e. The SMILES string of the molecule is CNc1ccc(CNC2CCC(CO)CC2)cc1[N+](=O)[O-]. The van der Waals surface area contributed by atoms with E-state index in [-0.39, 0.29) is 17.2 Å². The van der Waals surface area contributed by atoms with Crippen LogP contribution in [0.15, 0.2) is 18.2 Å². The van der Waals surface area contributed by atoms with Crippen LogP contribution in [0.5, 0.6) is 0 Å². The van der Waals surface area contributed by atoms with Crippen LogP contribution in [-0.2, 0) is 6.54 Å². The Morgan fingerprint density at radius 1 is 1.33 bits per heavy atom. The number of nitro benzene ring substituents is 1. The fraction of sp³-hybridized carbons (Fsp3) is 0.600. The molecule has 1 fully saturated rings. The largest absolute Gasteiger partial charge is 0.396 e. The highest BCUT2D eigenvalue weighted by Gasteiger charge is 2.20. The zero-order valence-electron chi connectivity index (χ0n) is 12.3. The van der Waals surface area contributed by atoms with E-state index in [0.717, 1.165) is 31.2 Å². The summed E-state index contributed by atoms with van der Waals surface area (Å²) >= 11 is 0. The molecule has 116 valence electrons. The molecular formula is C15H23N3O3. The molecule has 1 aliphatic rings. The standard InChI is InChI=1S/C15H23N3O3/c1-16-14-7-4-12(8-15(14)18(20)21)9-17-13-5-2-11(10-19)3-6-13/h4,7-8,11,13,16-17,19H,2-3,5-6,9-10H2,1H3. The number of aliphatic hydroxyl groups is 1. The fourth-order valence-corrected chi connectivity index (χ4v) is 2.86. The van der Waals surface area contributed by atoms with Crippen LogP contribution in [0.1, 0.15) is 31.2 Å². The number of aliphatic hydroxyl groups excluding tert-OH is 1. The molecule has 0 bridgehead atoms. The van der Waals surface area contributed by atoms with Gasteiger partial charge in [0.05, 0.1) is 4.92 Å². The van der Waals surface area contributed by atoms with E-state index in [9.17, 15) is 10.1 Å². The van der Waals surface area contributed by atoms with Crippen molar-refractivity contribution in [2.75, 3.05) is 19.0 Å². The average Bonchev–Trinajstić information content (AvgIpc) is 2.53. The molecule has 1 aromatic carbocycles. The van der Waals surface area contributed by atoms with Crippen LogP contribution in [0.25, 0.3) is 0 Å². The Morgan fingerprint density at radius 2 is 2.05 bits per heavy atom. The molecule has 1 aliphatic carbocycles. The average molecular weight is 293 g/mol. The van der Waals surface area contributed by atoms with Crippen LogP contribution in [0.4, 0.5) is 11.4 Å². The first-order valence-corrected chi connectivity index (χ1v) is 7.43. The van der Waals surface area contributed by atoms with Crippen molar-refractivity contribution in [3.8, 4) is 0 Å². The summed E-state index contributed by atoms with van der Waals surface area (Å²) in [6.07, 6.45) is 4.21. The normalized spacial score (nSPS) is 22.0. The van der Waals surface area contributed by atoms with Crippen LogP contribution >= 0.6 is 0 Å². The molecule has 0 spiro atoms. The molecule has 0 atom stereocenters. The number of nitrogens with one attached hydrogen (secondary N) is 2. The molecule has 0 aliphatic heterocycles. The third-order valence-electron chi connectivity index (χ3n) is 4.23. The Labute approximate surface area is 124 Å². The van der Waals surface area contributed by atoms with E-state index >= 15 is 0 Å². The minimum absolute atomic E-state index is 0.112. The predicted octanol–water partition coefficient (Wildman–Crippen LogP) is 2.28. The smallest absolute Gasteiger partial charge is 0.292 e. The van der Waals surface area contributed by atoms with Crippen LogP contribution in [0.2, 0.25) is 0 Å². The maximum absolute atomic E-state index is 11.0. The Kier molecular flexibility index (Phi) is 5.52. The van der Waals surface area contributed by atoms with E-state index in [4.69, 9.17) is 5.11 Å². The molecule has 1 saturated carbocycles. The number of anilines is 1. The lowest BCUT2D eigenvalue weighted by atomic mass is 9.86. The molecule has 0 radical (unpaired) electrons. The molecule has 0 unspecified atom stereocenters. The number of nitrogens with zero attached hydrogens (tertiary/aromatic N) is 1. The van der Waals surface area contributed by atoms with Gasteiger partial charge in [-0.05, 0) is 43.2 Å². The van der Waals surface area contributed by atoms with Crippen molar-refractivity contribution in [3.63, 3.8) is 0 Å². The zero-order chi connectivity index (χ0) is 15.2. The first-order valence-electron chi connectivity index (χ1n) is 7.43. The van der Waals surface area contributed by atoms with E-state index < -0.39 is 0 Å². The molecule has 3 N–H and O–H groups in total. The summed E-state index contributed by atoms with van der Waals surface area (Å²) in [7, 11) is 1.68. The number of hydrogen-bond acceptors (Lipinski definition) is 5. The Hall–Kier alpha value is -1.66. The maximum atomic E-state index is 11.0. The third kappa shape index (κ3) is 4.15. The van der Waals surface area contributed by atoms with Gasteiger partial charge in [0.25, 0.3) is 5.69 Å². The fourth-order valence-electron chi connectivity index (χ4n) is 2.86. The van der Waals surface area contributed by atoms with Gasteiger partial charge in [-0.1, -0.05) is 6.07 Å². The Balaban J connectivity index is 1.92. The Morgan fingerprint density at radius 3 is 2.62 bits per heavy atom. The van der Waals surface area contributed by atoms with Gasteiger partial charge in [0.1, 0.15) is 5.69 Å². The van der Waals surface area contributed by atoms with E-state index in [0.29, 0.717) is 24.2 Å². The highest BCUT2D eigenvalue weighted by Crippen LogP contribution is 2.26. The van der Waals surface area contributed by atoms with Crippen LogP contribution in [0, 0.1) is 16.0 Å². The van der Waals surface area contributed by atoms with Gasteiger partial charge in [-0.25, -0.2) is 0 Å². The summed E-state index contributed by atoms with van der Waals surface area (Å²) in [6.45, 7) is 0.920. The second-order valence-corrected chi connectivity index (χ2v) is 5.64. The zero-order valence-corrected chi connectivity index (χ0v) is 12.3. The van der Waals surface area contributed by atoms with Crippen molar-refractivity contribution < 1.29 is 10.0 Å². The van der Waals surface area contributed by atoms with E-state index in [1.807, 2.05) is 6.07 Å². The highest BCUT2D eigenvalue weighted by molar-refractivity contribution is 5.62. The van der Waals surface area contributed by atoms with Gasteiger partial charge in [0, 0.05) is 32.3 Å². The summed E-state index contributed by atoms with van der Waals surface area (Å²) in [5.74, 6) is 0.444. The maximum Gasteiger partial charge on any atom is 0.292 e. The predicted molar refractivity (Wildman–Crippen MR) is 82.3 cm³/mol. The summed E-state index contributed by atoms with van der Waals surface area (Å²) in [6, 6.07) is 5.72. The second-order valence-electron chi connectivity index (χ2n) is 5.64. The quantitative estimate of drug-likeness (QED) is 0.553. The van der Waals surface area contributed by atoms with Crippen LogP contribution in [0.3, 0.4) is 0 Å². The van der Waals surface area contributed by atoms with Crippen LogP contribution < -0.4 is 10.6 Å². The van der Waals surface area contributed by atoms with Gasteiger partial charge in [0.2, 0.25) is 0 Å². The molecule has 0 heterocycles. The van der Waals surface area contributed by atoms with Crippen molar-refractivity contribution >= 4 is 11.4 Å². The Bertz CT molecular complexity index is 485. The van der Waals surface area contributed by atoms with E-state index in [1.54, 1.807) is 19.2 Å². The summed E-state index contributed by atoms with van der Waals surface area (Å²) < 4.78 is 0. The second kappa shape index (κ2) is 7.38. The molecule has 1 aromatic rings. The van der Waals surface area contributed by atoms with Crippen molar-refractivity contribution in [1.82, 2.24) is 5.32 Å². The molecule has 2 rings (SSSR count). The van der Waals surface area contributed by atoms with Gasteiger partial charge in [-0.2, -0.15) is 0 Å². The van der Waals surface area contributed by atoms with E-state index in [1.165, 1.54) is 0 Å². The number of hydrogen-bond donors (Lipinski definition) is 3. The summed E-state index contributed by atoms with van der Waals surface area (Å²) in [5.41, 5.74) is 1.57. The first-order chi connectivity index (χ1) is 10.1. The first kappa shape index (κ1) is 15.7. The topological polar surface area (TPSA) is 87.4 Å². The van der Waals surface area contributed by atoms with Gasteiger partial charge in [-0.15, -0.1) is 0 Å². The lowest BCUT2D eigenvalue weighted by molar-refractivity contribution is -0.384. The minimum atomic E-state index is -0.359. The summed E-state index contributed by atoms with van der Waals surface area (Å²) in [5, 5.41) is 26.5. The number of benzene rings is 1. The van der Waals surface area contributed by atoms with E-state index in [2.05, 4.69) is 10.6 Å². The lowest BCUT2D eigenvalue weighted by Gasteiger charge is -2.28. The lowest BCUT2D eigenvalue weighted by Crippen LogP contribution is -2.33. The van der Waals surface area contributed by atoms with Crippen molar-refractivity contribution in [2.45, 2.75) is 38.3 Å². The third-order valence-corrected chi connectivity index (χ3v) is 4.23. The molecule has 0 aromatic heterocycles. The van der Waals surface area contributed by atoms with Crippen LogP contribution in [-0.4, -0.2) is 29.7 Å². The van der Waals surface area contributed by atoms with Gasteiger partial charge in [-0.3, -0.25) is 10.1 Å². The number of nitro groups is 1. The summed E-state index contributed by atoms with van der Waals surface area (Å²) in [4.78, 5) is 10.7. The van der Waals surface area contributed by atoms with Crippen molar-refractivity contribution in [2.24, 2.45) is 5.92 Å². The molecule has 0 amide bonds. The highest BCUT2D eigenvalue weighted by atomic mass is 16.6. The van der Waals surface area contributed by atoms with Gasteiger partial charge in [0.15, 0.2) is 0 Å². The van der Waals surface area contributed by atoms with Crippen molar-refractivity contribution in [3.05, 3.63) is 33.9 Å². The molecular weight excluding hydrogens is 270 g/mol. The molecule has 6 nitrogen and oxygen atoms in total. The number of rotatable bonds is 6. The molecule has 6 heteroatoms. The van der Waals surface area contributed by atoms with Gasteiger partial charge < -0.3 is 15.7 Å². The van der Waals surface area contributed by atoms with Gasteiger partial charge >= 0.3 is 0 Å². The van der Waals surface area contributed by atoms with Crippen molar-refractivity contribution in [1.29, 1.82) is 0 Å². The molecule has 21 heavy (non-hydrogen) atoms. The monoisotopic (exact) mass is 293 g/mol. The molecule has 0 saturated heterocycles.